The monoisotopic (exact) mass is 516 g/mol. The number of thioether (sulfide) groups is 1. The van der Waals surface area contributed by atoms with Crippen molar-refractivity contribution in [3.05, 3.63) is 11.6 Å². The highest BCUT2D eigenvalue weighted by Crippen LogP contribution is 2.67. The Morgan fingerprint density at radius 1 is 1.06 bits per heavy atom. The van der Waals surface area contributed by atoms with Crippen molar-refractivity contribution >= 4 is 22.9 Å². The van der Waals surface area contributed by atoms with E-state index in [1.54, 1.807) is 5.57 Å². The molecule has 2 amide bonds. The minimum atomic E-state index is -0.129. The molecule has 202 valence electrons. The van der Waals surface area contributed by atoms with E-state index in [0.29, 0.717) is 49.3 Å². The van der Waals surface area contributed by atoms with Gasteiger partial charge in [0.05, 0.1) is 6.10 Å². The molecule has 5 rings (SSSR count). The third kappa shape index (κ3) is 4.57. The van der Waals surface area contributed by atoms with E-state index >= 15 is 0 Å². The number of carbonyl (C=O) groups excluding carboxylic acids is 2. The lowest BCUT2D eigenvalue weighted by Crippen LogP contribution is -2.51. The van der Waals surface area contributed by atoms with Crippen molar-refractivity contribution < 1.29 is 14.7 Å². The molecule has 0 aromatic rings. The van der Waals surface area contributed by atoms with Crippen LogP contribution in [0.15, 0.2) is 11.6 Å². The summed E-state index contributed by atoms with van der Waals surface area (Å²) in [6.07, 6.45) is 15.5. The number of carbonyl (C=O) groups is 2. The fraction of sp³-hybridized carbons (Fsp3) is 0.867. The molecule has 1 heterocycles. The first-order chi connectivity index (χ1) is 17.2. The van der Waals surface area contributed by atoms with Gasteiger partial charge in [-0.15, -0.1) is 0 Å². The molecule has 4 fully saturated rings. The van der Waals surface area contributed by atoms with E-state index in [0.717, 1.165) is 49.4 Å². The van der Waals surface area contributed by atoms with Crippen LogP contribution in [-0.2, 0) is 4.79 Å². The zero-order valence-corrected chi connectivity index (χ0v) is 23.8. The van der Waals surface area contributed by atoms with Crippen molar-refractivity contribution in [3.63, 3.8) is 0 Å². The summed E-state index contributed by atoms with van der Waals surface area (Å²) in [6.45, 7) is 10.2. The molecule has 1 unspecified atom stereocenters. The average Bonchev–Trinajstić information content (AvgIpc) is 3.24. The molecule has 1 saturated heterocycles. The van der Waals surface area contributed by atoms with Gasteiger partial charge in [0.1, 0.15) is 0 Å². The number of rotatable bonds is 4. The third-order valence-corrected chi connectivity index (χ3v) is 12.3. The van der Waals surface area contributed by atoms with E-state index in [2.05, 4.69) is 26.8 Å². The van der Waals surface area contributed by atoms with Crippen molar-refractivity contribution in [2.45, 2.75) is 91.1 Å². The van der Waals surface area contributed by atoms with Gasteiger partial charge in [0.2, 0.25) is 5.91 Å². The van der Waals surface area contributed by atoms with Gasteiger partial charge in [0, 0.05) is 32.6 Å². The van der Waals surface area contributed by atoms with E-state index in [9.17, 15) is 14.7 Å². The molecule has 5 nitrogen and oxygen atoms in total. The van der Waals surface area contributed by atoms with Crippen LogP contribution in [0.2, 0.25) is 0 Å². The molecule has 8 atom stereocenters. The summed E-state index contributed by atoms with van der Waals surface area (Å²) in [5.74, 6) is 3.97. The van der Waals surface area contributed by atoms with Gasteiger partial charge < -0.3 is 14.9 Å². The summed E-state index contributed by atoms with van der Waals surface area (Å²) in [7, 11) is 0. The van der Waals surface area contributed by atoms with Gasteiger partial charge >= 0.3 is 0 Å². The normalized spacial score (nSPS) is 41.1. The maximum Gasteiger partial charge on any atom is 0.281 e. The van der Waals surface area contributed by atoms with Crippen molar-refractivity contribution in [1.29, 1.82) is 0 Å². The van der Waals surface area contributed by atoms with Crippen LogP contribution in [0.1, 0.15) is 85.0 Å². The lowest BCUT2D eigenvalue weighted by atomic mass is 9.47. The van der Waals surface area contributed by atoms with Gasteiger partial charge in [-0.1, -0.05) is 44.2 Å². The van der Waals surface area contributed by atoms with Crippen LogP contribution in [0.25, 0.3) is 0 Å². The van der Waals surface area contributed by atoms with Gasteiger partial charge in [-0.3, -0.25) is 9.59 Å². The Morgan fingerprint density at radius 3 is 2.50 bits per heavy atom. The Kier molecular flexibility index (Phi) is 7.59. The summed E-state index contributed by atoms with van der Waals surface area (Å²) in [5, 5.41) is 10.4. The number of aliphatic hydroxyl groups is 1. The zero-order valence-electron chi connectivity index (χ0n) is 23.0. The van der Waals surface area contributed by atoms with Crippen LogP contribution in [0, 0.1) is 40.4 Å². The van der Waals surface area contributed by atoms with Crippen LogP contribution in [0.3, 0.4) is 0 Å². The molecule has 0 aromatic heterocycles. The van der Waals surface area contributed by atoms with Gasteiger partial charge in [-0.2, -0.15) is 0 Å². The quantitative estimate of drug-likeness (QED) is 0.468. The molecule has 1 aliphatic heterocycles. The predicted octanol–water partition coefficient (Wildman–Crippen LogP) is 5.97. The van der Waals surface area contributed by atoms with Gasteiger partial charge in [0.15, 0.2) is 0 Å². The molecule has 0 radical (unpaired) electrons. The topological polar surface area (TPSA) is 60.9 Å². The minimum Gasteiger partial charge on any atom is -0.393 e. The highest BCUT2D eigenvalue weighted by Gasteiger charge is 2.59. The molecule has 0 bridgehead atoms. The first-order valence-electron chi connectivity index (χ1n) is 14.7. The van der Waals surface area contributed by atoms with Gasteiger partial charge in [-0.25, -0.2) is 0 Å². The van der Waals surface area contributed by atoms with Crippen LogP contribution in [0.5, 0.6) is 0 Å². The van der Waals surface area contributed by atoms with E-state index < -0.39 is 0 Å². The van der Waals surface area contributed by atoms with Crippen LogP contribution in [0.4, 0.5) is 4.79 Å². The Balaban J connectivity index is 1.18. The fourth-order valence-corrected chi connectivity index (χ4v) is 10.0. The lowest BCUT2D eigenvalue weighted by molar-refractivity contribution is -0.133. The summed E-state index contributed by atoms with van der Waals surface area (Å²) < 4.78 is 0. The zero-order chi connectivity index (χ0) is 25.7. The summed E-state index contributed by atoms with van der Waals surface area (Å²) >= 11 is 1.26. The maximum atomic E-state index is 13.0. The number of allylic oxidation sites excluding steroid dienone is 1. The molecule has 0 spiro atoms. The second-order valence-electron chi connectivity index (χ2n) is 13.2. The Bertz CT molecular complexity index is 883. The van der Waals surface area contributed by atoms with E-state index in [-0.39, 0.29) is 17.3 Å². The highest BCUT2D eigenvalue weighted by atomic mass is 32.2. The Labute approximate surface area is 222 Å². The van der Waals surface area contributed by atoms with Crippen molar-refractivity contribution in [2.24, 2.45) is 40.4 Å². The number of fused-ring (bicyclic) bond motifs is 5. The van der Waals surface area contributed by atoms with Crippen molar-refractivity contribution in [2.75, 3.05) is 32.4 Å². The summed E-state index contributed by atoms with van der Waals surface area (Å²) in [4.78, 5) is 28.8. The minimum absolute atomic E-state index is 0.120. The Morgan fingerprint density at radius 2 is 1.78 bits per heavy atom. The number of hydrogen-bond acceptors (Lipinski definition) is 4. The first-order valence-corrected chi connectivity index (χ1v) is 15.9. The number of aliphatic hydroxyl groups excluding tert-OH is 1. The summed E-state index contributed by atoms with van der Waals surface area (Å²) in [6, 6.07) is 0. The summed E-state index contributed by atoms with van der Waals surface area (Å²) in [5.41, 5.74) is 2.28. The molecule has 5 aliphatic rings. The lowest BCUT2D eigenvalue weighted by Gasteiger charge is -2.58. The molecule has 36 heavy (non-hydrogen) atoms. The average molecular weight is 517 g/mol. The number of nitrogens with zero attached hydrogens (tertiary/aromatic N) is 2. The van der Waals surface area contributed by atoms with Gasteiger partial charge in [0.25, 0.3) is 5.24 Å². The molecular weight excluding hydrogens is 468 g/mol. The van der Waals surface area contributed by atoms with Crippen LogP contribution >= 0.6 is 11.8 Å². The standard InChI is InChI=1S/C30H48N2O3S/c1-20(5-10-27(34)31-15-17-32(18-16-31)28(35)36-4)24-8-9-25-23-7-6-21-19-22(33)11-13-29(21,2)26(23)12-14-30(24,25)3/h6,20,22-26,33H,5,7-19H2,1-4H3/t20?,22-,23-,24+,25-,26-,29-,30+/m0/s1. The largest absolute Gasteiger partial charge is 0.393 e. The first kappa shape index (κ1) is 26.6. The molecule has 0 aromatic carbocycles. The molecule has 6 heteroatoms. The highest BCUT2D eigenvalue weighted by molar-refractivity contribution is 8.12. The molecule has 4 aliphatic carbocycles. The Hall–Kier alpha value is -1.01. The number of hydrogen-bond donors (Lipinski definition) is 1. The van der Waals surface area contributed by atoms with E-state index in [1.165, 1.54) is 43.9 Å². The molecular formula is C30H48N2O3S. The number of piperazine rings is 1. The smallest absolute Gasteiger partial charge is 0.281 e. The maximum absolute atomic E-state index is 13.0. The van der Waals surface area contributed by atoms with Crippen LogP contribution in [-0.4, -0.2) is 64.6 Å². The predicted molar refractivity (Wildman–Crippen MR) is 147 cm³/mol. The van der Waals surface area contributed by atoms with Crippen molar-refractivity contribution in [3.8, 4) is 0 Å². The molecule has 1 N–H and O–H groups in total. The van der Waals surface area contributed by atoms with Gasteiger partial charge in [-0.05, 0) is 104 Å². The third-order valence-electron chi connectivity index (χ3n) is 11.7. The second kappa shape index (κ2) is 10.3. The van der Waals surface area contributed by atoms with E-state index in [1.807, 2.05) is 16.1 Å². The SMILES string of the molecule is CSC(=O)N1CCN(C(=O)CCC(C)[C@H]2CC[C@H]3[C@@H]4CC=C5C[C@@H](O)CC[C@]5(C)[C@H]4CC[C@]23C)CC1. The van der Waals surface area contributed by atoms with E-state index in [4.69, 9.17) is 0 Å². The molecule has 3 saturated carbocycles. The van der Waals surface area contributed by atoms with Crippen LogP contribution < -0.4 is 0 Å². The second-order valence-corrected chi connectivity index (χ2v) is 14.0. The van der Waals surface area contributed by atoms with Crippen molar-refractivity contribution in [1.82, 2.24) is 9.80 Å². The fourth-order valence-electron chi connectivity index (χ4n) is 9.59. The number of amides is 2.